The summed E-state index contributed by atoms with van der Waals surface area (Å²) in [5.41, 5.74) is 2.58. The summed E-state index contributed by atoms with van der Waals surface area (Å²) in [5.74, 6) is -0.667. The van der Waals surface area contributed by atoms with Gasteiger partial charge in [-0.2, -0.15) is 5.10 Å². The van der Waals surface area contributed by atoms with Crippen LogP contribution in [0.2, 0.25) is 5.02 Å². The number of benzene rings is 2. The van der Waals surface area contributed by atoms with Gasteiger partial charge in [-0.3, -0.25) is 14.5 Å². The Morgan fingerprint density at radius 2 is 2.00 bits per heavy atom. The van der Waals surface area contributed by atoms with Crippen molar-refractivity contribution >= 4 is 28.4 Å². The molecule has 0 aliphatic carbocycles. The number of fused-ring (bicyclic) bond motifs is 1. The fourth-order valence-corrected chi connectivity index (χ4v) is 3.34. The van der Waals surface area contributed by atoms with Crippen molar-refractivity contribution in [1.29, 1.82) is 0 Å². The van der Waals surface area contributed by atoms with E-state index < -0.39 is 5.82 Å². The van der Waals surface area contributed by atoms with Crippen molar-refractivity contribution in [3.05, 3.63) is 94.7 Å². The van der Waals surface area contributed by atoms with Crippen LogP contribution < -0.4 is 5.32 Å². The van der Waals surface area contributed by atoms with Crippen molar-refractivity contribution in [3.63, 3.8) is 0 Å². The molecular weight excluding hydrogens is 391 g/mol. The SMILES string of the molecule is O=C(NCCc1cccnc1)c1nn(Cc2ccc(Cl)cc2F)c2ccccc12. The molecular formula is C22H18ClFN4O. The fourth-order valence-electron chi connectivity index (χ4n) is 3.18. The van der Waals surface area contributed by atoms with E-state index in [2.05, 4.69) is 15.4 Å². The van der Waals surface area contributed by atoms with Crippen LogP contribution in [0.15, 0.2) is 67.0 Å². The molecule has 2 aromatic heterocycles. The second-order valence-electron chi connectivity index (χ2n) is 6.63. The maximum absolute atomic E-state index is 14.2. The van der Waals surface area contributed by atoms with Crippen LogP contribution in [0.4, 0.5) is 4.39 Å². The standard InChI is InChI=1S/C22H18ClFN4O/c23-17-8-7-16(19(24)12-17)14-28-20-6-2-1-5-18(20)21(27-28)22(29)26-11-9-15-4-3-10-25-13-15/h1-8,10,12-13H,9,11,14H2,(H,26,29). The number of carbonyl (C=O) groups is 1. The first kappa shape index (κ1) is 19.1. The van der Waals surface area contributed by atoms with Crippen LogP contribution >= 0.6 is 11.6 Å². The number of pyridine rings is 1. The van der Waals surface area contributed by atoms with Crippen LogP contribution in [0, 0.1) is 5.82 Å². The zero-order valence-electron chi connectivity index (χ0n) is 15.5. The first-order chi connectivity index (χ1) is 14.1. The molecule has 0 unspecified atom stereocenters. The highest BCUT2D eigenvalue weighted by Crippen LogP contribution is 2.21. The van der Waals surface area contributed by atoms with Gasteiger partial charge in [0, 0.05) is 34.9 Å². The van der Waals surface area contributed by atoms with Gasteiger partial charge in [0.1, 0.15) is 5.82 Å². The van der Waals surface area contributed by atoms with Crippen molar-refractivity contribution in [2.75, 3.05) is 6.54 Å². The average Bonchev–Trinajstić information content (AvgIpc) is 3.09. The fraction of sp³-hybridized carbons (Fsp3) is 0.136. The minimum atomic E-state index is -0.403. The van der Waals surface area contributed by atoms with E-state index in [4.69, 9.17) is 11.6 Å². The second kappa shape index (κ2) is 8.41. The smallest absolute Gasteiger partial charge is 0.272 e. The highest BCUT2D eigenvalue weighted by Gasteiger charge is 2.17. The third-order valence-electron chi connectivity index (χ3n) is 4.63. The third kappa shape index (κ3) is 4.27. The van der Waals surface area contributed by atoms with E-state index >= 15 is 0 Å². The Balaban J connectivity index is 1.56. The number of aromatic nitrogens is 3. The van der Waals surface area contributed by atoms with Crippen LogP contribution in [-0.2, 0) is 13.0 Å². The number of rotatable bonds is 6. The Bertz CT molecular complexity index is 1160. The summed E-state index contributed by atoms with van der Waals surface area (Å²) in [7, 11) is 0. The minimum absolute atomic E-state index is 0.201. The van der Waals surface area contributed by atoms with E-state index in [-0.39, 0.29) is 12.5 Å². The lowest BCUT2D eigenvalue weighted by atomic mass is 10.2. The molecule has 4 rings (SSSR count). The van der Waals surface area contributed by atoms with Gasteiger partial charge in [-0.25, -0.2) is 4.39 Å². The molecule has 146 valence electrons. The molecule has 0 saturated carbocycles. The van der Waals surface area contributed by atoms with Crippen LogP contribution in [0.5, 0.6) is 0 Å². The quantitative estimate of drug-likeness (QED) is 0.519. The van der Waals surface area contributed by atoms with E-state index in [1.165, 1.54) is 6.07 Å². The van der Waals surface area contributed by atoms with E-state index in [9.17, 15) is 9.18 Å². The van der Waals surface area contributed by atoms with E-state index in [1.807, 2.05) is 36.4 Å². The zero-order valence-corrected chi connectivity index (χ0v) is 16.2. The van der Waals surface area contributed by atoms with Crippen molar-refractivity contribution in [2.24, 2.45) is 0 Å². The molecule has 0 fully saturated rings. The number of amides is 1. The molecule has 2 aromatic carbocycles. The van der Waals surface area contributed by atoms with Gasteiger partial charge in [-0.1, -0.05) is 41.9 Å². The molecule has 0 bridgehead atoms. The number of hydrogen-bond donors (Lipinski definition) is 1. The van der Waals surface area contributed by atoms with E-state index in [0.29, 0.717) is 29.2 Å². The first-order valence-electron chi connectivity index (χ1n) is 9.18. The summed E-state index contributed by atoms with van der Waals surface area (Å²) in [6, 6.07) is 15.8. The molecule has 5 nitrogen and oxygen atoms in total. The summed E-state index contributed by atoms with van der Waals surface area (Å²) in [6.07, 6.45) is 4.16. The van der Waals surface area contributed by atoms with Crippen LogP contribution in [0.3, 0.4) is 0 Å². The summed E-state index contributed by atoms with van der Waals surface area (Å²) in [6.45, 7) is 0.671. The number of halogens is 2. The largest absolute Gasteiger partial charge is 0.350 e. The zero-order chi connectivity index (χ0) is 20.2. The Hall–Kier alpha value is -3.25. The molecule has 7 heteroatoms. The second-order valence-corrected chi connectivity index (χ2v) is 7.06. The van der Waals surface area contributed by atoms with E-state index in [1.54, 1.807) is 29.2 Å². The first-order valence-corrected chi connectivity index (χ1v) is 9.56. The Kier molecular flexibility index (Phi) is 5.53. The maximum Gasteiger partial charge on any atom is 0.272 e. The van der Waals surface area contributed by atoms with Gasteiger partial charge in [0.15, 0.2) is 5.69 Å². The van der Waals surface area contributed by atoms with Crippen LogP contribution in [-0.4, -0.2) is 27.2 Å². The molecule has 1 N–H and O–H groups in total. The summed E-state index contributed by atoms with van der Waals surface area (Å²) in [5, 5.41) is 8.43. The van der Waals surface area contributed by atoms with Gasteiger partial charge in [0.25, 0.3) is 5.91 Å². The molecule has 4 aromatic rings. The van der Waals surface area contributed by atoms with Crippen LogP contribution in [0.1, 0.15) is 21.6 Å². The minimum Gasteiger partial charge on any atom is -0.350 e. The van der Waals surface area contributed by atoms with Crippen LogP contribution in [0.25, 0.3) is 10.9 Å². The maximum atomic E-state index is 14.2. The number of para-hydroxylation sites is 1. The lowest BCUT2D eigenvalue weighted by Gasteiger charge is -2.06. The number of hydrogen-bond acceptors (Lipinski definition) is 3. The third-order valence-corrected chi connectivity index (χ3v) is 4.87. The van der Waals surface area contributed by atoms with Gasteiger partial charge in [-0.05, 0) is 36.2 Å². The molecule has 2 heterocycles. The number of nitrogens with one attached hydrogen (secondary N) is 1. The topological polar surface area (TPSA) is 59.8 Å². The van der Waals surface area contributed by atoms with Crippen molar-refractivity contribution in [3.8, 4) is 0 Å². The van der Waals surface area contributed by atoms with E-state index in [0.717, 1.165) is 16.5 Å². The predicted molar refractivity (Wildman–Crippen MR) is 111 cm³/mol. The molecule has 0 spiro atoms. The van der Waals surface area contributed by atoms with Gasteiger partial charge >= 0.3 is 0 Å². The Morgan fingerprint density at radius 1 is 1.14 bits per heavy atom. The molecule has 0 aliphatic heterocycles. The monoisotopic (exact) mass is 408 g/mol. The highest BCUT2D eigenvalue weighted by atomic mass is 35.5. The van der Waals surface area contributed by atoms with Gasteiger partial charge in [0.05, 0.1) is 12.1 Å². The molecule has 0 saturated heterocycles. The lowest BCUT2D eigenvalue weighted by Crippen LogP contribution is -2.26. The highest BCUT2D eigenvalue weighted by molar-refractivity contribution is 6.30. The molecule has 0 aliphatic rings. The molecule has 0 atom stereocenters. The Morgan fingerprint density at radius 3 is 2.79 bits per heavy atom. The van der Waals surface area contributed by atoms with Crippen molar-refractivity contribution in [1.82, 2.24) is 20.1 Å². The van der Waals surface area contributed by atoms with Crippen molar-refractivity contribution in [2.45, 2.75) is 13.0 Å². The normalized spacial score (nSPS) is 11.0. The molecule has 29 heavy (non-hydrogen) atoms. The average molecular weight is 409 g/mol. The summed E-state index contributed by atoms with van der Waals surface area (Å²) in [4.78, 5) is 16.8. The Labute approximate surface area is 172 Å². The molecule has 1 amide bonds. The summed E-state index contributed by atoms with van der Waals surface area (Å²) < 4.78 is 15.9. The number of carbonyl (C=O) groups excluding carboxylic acids is 1. The van der Waals surface area contributed by atoms with Crippen molar-refractivity contribution < 1.29 is 9.18 Å². The number of nitrogens with zero attached hydrogens (tertiary/aromatic N) is 3. The van der Waals surface area contributed by atoms with Gasteiger partial charge < -0.3 is 5.32 Å². The summed E-state index contributed by atoms with van der Waals surface area (Å²) >= 11 is 5.83. The lowest BCUT2D eigenvalue weighted by molar-refractivity contribution is 0.0950. The predicted octanol–water partition coefficient (Wildman–Crippen LogP) is 4.24. The van der Waals surface area contributed by atoms with Gasteiger partial charge in [0.2, 0.25) is 0 Å². The molecule has 0 radical (unpaired) electrons. The van der Waals surface area contributed by atoms with Gasteiger partial charge in [-0.15, -0.1) is 0 Å².